The summed E-state index contributed by atoms with van der Waals surface area (Å²) in [6.45, 7) is 3.91. The maximum atomic E-state index is 12.1. The quantitative estimate of drug-likeness (QED) is 0.863. The number of hydrogen-bond acceptors (Lipinski definition) is 5. The molecule has 0 radical (unpaired) electrons. The van der Waals surface area contributed by atoms with Crippen molar-refractivity contribution in [1.82, 2.24) is 19.7 Å². The van der Waals surface area contributed by atoms with Crippen LogP contribution in [-0.4, -0.2) is 25.7 Å². The van der Waals surface area contributed by atoms with Gasteiger partial charge < -0.3 is 11.1 Å². The number of amides is 1. The molecule has 0 spiro atoms. The van der Waals surface area contributed by atoms with E-state index >= 15 is 0 Å². The summed E-state index contributed by atoms with van der Waals surface area (Å²) in [6, 6.07) is 0. The Labute approximate surface area is 110 Å². The zero-order chi connectivity index (χ0) is 14.0. The number of carbonyl (C=O) groups excluding carboxylic acids is 1. The zero-order valence-corrected chi connectivity index (χ0v) is 11.1. The van der Waals surface area contributed by atoms with Crippen LogP contribution >= 0.6 is 0 Å². The van der Waals surface area contributed by atoms with E-state index in [-0.39, 0.29) is 23.2 Å². The standard InChI is InChI=1S/C12H16N6O/c1-7(2)11-14-5-9(13)10(17-11)12(19)16-8-4-15-18(3)6-8/h4-7H,13H2,1-3H3,(H,16,19). The molecule has 7 nitrogen and oxygen atoms in total. The highest BCUT2D eigenvalue weighted by molar-refractivity contribution is 6.05. The number of aryl methyl sites for hydroxylation is 1. The highest BCUT2D eigenvalue weighted by Crippen LogP contribution is 2.15. The van der Waals surface area contributed by atoms with Crippen molar-refractivity contribution in [2.45, 2.75) is 19.8 Å². The number of nitrogens with zero attached hydrogens (tertiary/aromatic N) is 4. The first-order valence-corrected chi connectivity index (χ1v) is 5.89. The van der Waals surface area contributed by atoms with Crippen LogP contribution in [-0.2, 0) is 7.05 Å². The molecule has 2 aromatic rings. The minimum Gasteiger partial charge on any atom is -0.396 e. The minimum atomic E-state index is -0.366. The maximum absolute atomic E-state index is 12.1. The number of nitrogens with one attached hydrogen (secondary N) is 1. The third-order valence-electron chi connectivity index (χ3n) is 2.53. The predicted molar refractivity (Wildman–Crippen MR) is 71.7 cm³/mol. The zero-order valence-electron chi connectivity index (χ0n) is 11.1. The molecule has 100 valence electrons. The van der Waals surface area contributed by atoms with E-state index in [0.717, 1.165) is 0 Å². The Morgan fingerprint density at radius 3 is 2.74 bits per heavy atom. The van der Waals surface area contributed by atoms with E-state index in [0.29, 0.717) is 11.5 Å². The fourth-order valence-electron chi connectivity index (χ4n) is 1.54. The molecule has 0 aliphatic heterocycles. The van der Waals surface area contributed by atoms with Gasteiger partial charge >= 0.3 is 0 Å². The Kier molecular flexibility index (Phi) is 3.46. The Hall–Kier alpha value is -2.44. The van der Waals surface area contributed by atoms with Gasteiger partial charge in [-0.2, -0.15) is 5.10 Å². The molecule has 1 amide bonds. The lowest BCUT2D eigenvalue weighted by Crippen LogP contribution is -2.17. The molecule has 2 aromatic heterocycles. The predicted octanol–water partition coefficient (Wildman–Crippen LogP) is 1.17. The van der Waals surface area contributed by atoms with Gasteiger partial charge in [0.2, 0.25) is 0 Å². The molecule has 2 rings (SSSR count). The average Bonchev–Trinajstić information content (AvgIpc) is 2.74. The minimum absolute atomic E-state index is 0.130. The van der Waals surface area contributed by atoms with Gasteiger partial charge in [-0.3, -0.25) is 9.48 Å². The fourth-order valence-corrected chi connectivity index (χ4v) is 1.54. The Morgan fingerprint density at radius 1 is 1.42 bits per heavy atom. The number of aromatic nitrogens is 4. The molecule has 0 saturated carbocycles. The van der Waals surface area contributed by atoms with Crippen molar-refractivity contribution in [3.8, 4) is 0 Å². The van der Waals surface area contributed by atoms with Crippen LogP contribution in [0, 0.1) is 0 Å². The Balaban J connectivity index is 2.25. The van der Waals surface area contributed by atoms with E-state index in [4.69, 9.17) is 5.73 Å². The van der Waals surface area contributed by atoms with Crippen LogP contribution in [0.25, 0.3) is 0 Å². The molecule has 0 fully saturated rings. The molecule has 0 atom stereocenters. The highest BCUT2D eigenvalue weighted by Gasteiger charge is 2.15. The Morgan fingerprint density at radius 2 is 2.16 bits per heavy atom. The van der Waals surface area contributed by atoms with Crippen LogP contribution in [0.5, 0.6) is 0 Å². The molecule has 0 saturated heterocycles. The summed E-state index contributed by atoms with van der Waals surface area (Å²) in [5, 5.41) is 6.66. The first kappa shape index (κ1) is 13.0. The second kappa shape index (κ2) is 5.05. The van der Waals surface area contributed by atoms with Crippen molar-refractivity contribution >= 4 is 17.3 Å². The smallest absolute Gasteiger partial charge is 0.276 e. The van der Waals surface area contributed by atoms with Gasteiger partial charge in [-0.05, 0) is 0 Å². The summed E-state index contributed by atoms with van der Waals surface area (Å²) in [4.78, 5) is 20.4. The second-order valence-corrected chi connectivity index (χ2v) is 4.54. The van der Waals surface area contributed by atoms with E-state index in [9.17, 15) is 4.79 Å². The van der Waals surface area contributed by atoms with Crippen molar-refractivity contribution < 1.29 is 4.79 Å². The van der Waals surface area contributed by atoms with E-state index in [2.05, 4.69) is 20.4 Å². The highest BCUT2D eigenvalue weighted by atomic mass is 16.1. The number of anilines is 2. The maximum Gasteiger partial charge on any atom is 0.276 e. The van der Waals surface area contributed by atoms with Gasteiger partial charge in [0, 0.05) is 19.2 Å². The summed E-state index contributed by atoms with van der Waals surface area (Å²) in [5.74, 6) is 0.353. The lowest BCUT2D eigenvalue weighted by Gasteiger charge is -2.08. The summed E-state index contributed by atoms with van der Waals surface area (Å²) >= 11 is 0. The third kappa shape index (κ3) is 2.87. The summed E-state index contributed by atoms with van der Waals surface area (Å²) in [7, 11) is 1.77. The molecule has 0 bridgehead atoms. The van der Waals surface area contributed by atoms with Crippen LogP contribution < -0.4 is 11.1 Å². The monoisotopic (exact) mass is 260 g/mol. The lowest BCUT2D eigenvalue weighted by molar-refractivity contribution is 0.102. The molecule has 0 unspecified atom stereocenters. The van der Waals surface area contributed by atoms with E-state index in [1.165, 1.54) is 6.20 Å². The average molecular weight is 260 g/mol. The largest absolute Gasteiger partial charge is 0.396 e. The summed E-state index contributed by atoms with van der Waals surface area (Å²) in [5.41, 5.74) is 6.78. The van der Waals surface area contributed by atoms with Gasteiger partial charge in [0.1, 0.15) is 5.82 Å². The topological polar surface area (TPSA) is 98.7 Å². The lowest BCUT2D eigenvalue weighted by atomic mass is 10.2. The number of nitrogen functional groups attached to an aromatic ring is 1. The molecule has 7 heteroatoms. The first-order valence-electron chi connectivity index (χ1n) is 5.89. The van der Waals surface area contributed by atoms with Crippen LogP contribution in [0.4, 0.5) is 11.4 Å². The van der Waals surface area contributed by atoms with E-state index in [1.54, 1.807) is 24.1 Å². The summed E-state index contributed by atoms with van der Waals surface area (Å²) in [6.07, 6.45) is 4.71. The van der Waals surface area contributed by atoms with Crippen LogP contribution in [0.3, 0.4) is 0 Å². The molecular formula is C12H16N6O. The van der Waals surface area contributed by atoms with Crippen molar-refractivity contribution in [2.75, 3.05) is 11.1 Å². The van der Waals surface area contributed by atoms with Gasteiger partial charge in [0.05, 0.1) is 23.8 Å². The number of carbonyl (C=O) groups is 1. The van der Waals surface area contributed by atoms with E-state index in [1.807, 2.05) is 13.8 Å². The first-order chi connectivity index (χ1) is 8.97. The molecular weight excluding hydrogens is 244 g/mol. The van der Waals surface area contributed by atoms with Crippen LogP contribution in [0.1, 0.15) is 36.1 Å². The van der Waals surface area contributed by atoms with Crippen molar-refractivity contribution in [3.63, 3.8) is 0 Å². The molecule has 0 aliphatic rings. The second-order valence-electron chi connectivity index (χ2n) is 4.54. The number of nitrogens with two attached hydrogens (primary N) is 1. The van der Waals surface area contributed by atoms with Crippen LogP contribution in [0.2, 0.25) is 0 Å². The van der Waals surface area contributed by atoms with Crippen molar-refractivity contribution in [3.05, 3.63) is 30.1 Å². The van der Waals surface area contributed by atoms with Crippen molar-refractivity contribution in [2.24, 2.45) is 7.05 Å². The molecule has 19 heavy (non-hydrogen) atoms. The van der Waals surface area contributed by atoms with Gasteiger partial charge in [0.25, 0.3) is 5.91 Å². The number of hydrogen-bond donors (Lipinski definition) is 2. The molecule has 2 heterocycles. The van der Waals surface area contributed by atoms with Crippen LogP contribution in [0.15, 0.2) is 18.6 Å². The van der Waals surface area contributed by atoms with Gasteiger partial charge in [0.15, 0.2) is 5.69 Å². The van der Waals surface area contributed by atoms with Gasteiger partial charge in [-0.25, -0.2) is 9.97 Å². The summed E-state index contributed by atoms with van der Waals surface area (Å²) < 4.78 is 1.60. The fraction of sp³-hybridized carbons (Fsp3) is 0.333. The van der Waals surface area contributed by atoms with Crippen molar-refractivity contribution in [1.29, 1.82) is 0 Å². The normalized spacial score (nSPS) is 10.7. The molecule has 0 aliphatic carbocycles. The SMILES string of the molecule is CC(C)c1ncc(N)c(C(=O)Nc2cnn(C)c2)n1. The third-order valence-corrected chi connectivity index (χ3v) is 2.53. The Bertz CT molecular complexity index is 604. The van der Waals surface area contributed by atoms with Gasteiger partial charge in [-0.15, -0.1) is 0 Å². The van der Waals surface area contributed by atoms with E-state index < -0.39 is 0 Å². The number of rotatable bonds is 3. The molecule has 0 aromatic carbocycles. The van der Waals surface area contributed by atoms with Gasteiger partial charge in [-0.1, -0.05) is 13.8 Å². The molecule has 3 N–H and O–H groups in total.